The maximum absolute atomic E-state index is 11.8. The lowest BCUT2D eigenvalue weighted by Crippen LogP contribution is -2.32. The molecule has 0 bridgehead atoms. The van der Waals surface area contributed by atoms with Crippen LogP contribution in [0.3, 0.4) is 0 Å². The highest BCUT2D eigenvalue weighted by atomic mass is 16.2. The van der Waals surface area contributed by atoms with Crippen LogP contribution in [0.15, 0.2) is 0 Å². The van der Waals surface area contributed by atoms with Gasteiger partial charge >= 0.3 is 0 Å². The van der Waals surface area contributed by atoms with Gasteiger partial charge in [0, 0.05) is 31.2 Å². The van der Waals surface area contributed by atoms with Crippen LogP contribution in [0.5, 0.6) is 0 Å². The van der Waals surface area contributed by atoms with E-state index in [1.54, 1.807) is 0 Å². The van der Waals surface area contributed by atoms with Crippen LogP contribution in [0.4, 0.5) is 0 Å². The van der Waals surface area contributed by atoms with E-state index in [1.807, 2.05) is 20.8 Å². The SMILES string of the molecule is CCC1CC(=O)N(CCCC(=O)C(C)C)C1=O. The second-order valence-electron chi connectivity index (χ2n) is 4.92. The predicted molar refractivity (Wildman–Crippen MR) is 64.2 cm³/mol. The number of carbonyl (C=O) groups excluding carboxylic acids is 3. The van der Waals surface area contributed by atoms with Gasteiger partial charge in [-0.3, -0.25) is 19.3 Å². The molecule has 0 aromatic rings. The standard InChI is InChI=1S/C13H21NO3/c1-4-10-8-12(16)14(13(10)17)7-5-6-11(15)9(2)3/h9-10H,4-8H2,1-3H3. The Morgan fingerprint density at radius 3 is 2.53 bits per heavy atom. The van der Waals surface area contributed by atoms with Crippen molar-refractivity contribution in [2.45, 2.75) is 46.5 Å². The molecule has 1 aliphatic rings. The molecule has 1 unspecified atom stereocenters. The molecule has 96 valence electrons. The highest BCUT2D eigenvalue weighted by molar-refractivity contribution is 6.03. The number of Topliss-reactive ketones (excluding diaryl/α,β-unsaturated/α-hetero) is 1. The van der Waals surface area contributed by atoms with Gasteiger partial charge in [-0.25, -0.2) is 0 Å². The number of hydrogen-bond acceptors (Lipinski definition) is 3. The van der Waals surface area contributed by atoms with Crippen molar-refractivity contribution in [1.82, 2.24) is 4.90 Å². The summed E-state index contributed by atoms with van der Waals surface area (Å²) in [5.41, 5.74) is 0. The number of amides is 2. The largest absolute Gasteiger partial charge is 0.299 e. The van der Waals surface area contributed by atoms with Crippen molar-refractivity contribution >= 4 is 17.6 Å². The third kappa shape index (κ3) is 3.38. The molecule has 1 aliphatic heterocycles. The molecule has 4 nitrogen and oxygen atoms in total. The third-order valence-electron chi connectivity index (χ3n) is 3.28. The van der Waals surface area contributed by atoms with E-state index >= 15 is 0 Å². The van der Waals surface area contributed by atoms with Crippen molar-refractivity contribution in [2.75, 3.05) is 6.54 Å². The number of rotatable bonds is 6. The zero-order valence-corrected chi connectivity index (χ0v) is 10.9. The Hall–Kier alpha value is -1.19. The van der Waals surface area contributed by atoms with Crippen LogP contribution in [0, 0.1) is 11.8 Å². The van der Waals surface area contributed by atoms with Crippen molar-refractivity contribution in [1.29, 1.82) is 0 Å². The van der Waals surface area contributed by atoms with Gasteiger partial charge < -0.3 is 0 Å². The first-order valence-corrected chi connectivity index (χ1v) is 6.34. The Morgan fingerprint density at radius 1 is 1.41 bits per heavy atom. The Bertz CT molecular complexity index is 323. The van der Waals surface area contributed by atoms with Crippen LogP contribution < -0.4 is 0 Å². The summed E-state index contributed by atoms with van der Waals surface area (Å²) >= 11 is 0. The van der Waals surface area contributed by atoms with Crippen molar-refractivity contribution in [3.63, 3.8) is 0 Å². The first kappa shape index (κ1) is 13.9. The Morgan fingerprint density at radius 2 is 2.06 bits per heavy atom. The molecule has 0 aromatic carbocycles. The monoisotopic (exact) mass is 239 g/mol. The van der Waals surface area contributed by atoms with Crippen LogP contribution >= 0.6 is 0 Å². The zero-order valence-electron chi connectivity index (χ0n) is 10.9. The second kappa shape index (κ2) is 5.94. The average molecular weight is 239 g/mol. The van der Waals surface area contributed by atoms with E-state index < -0.39 is 0 Å². The highest BCUT2D eigenvalue weighted by Crippen LogP contribution is 2.22. The van der Waals surface area contributed by atoms with Gasteiger partial charge in [0.2, 0.25) is 11.8 Å². The molecule has 17 heavy (non-hydrogen) atoms. The van der Waals surface area contributed by atoms with Gasteiger partial charge in [-0.05, 0) is 12.8 Å². The lowest BCUT2D eigenvalue weighted by atomic mass is 10.0. The minimum absolute atomic E-state index is 0.0309. The smallest absolute Gasteiger partial charge is 0.232 e. The number of nitrogens with zero attached hydrogens (tertiary/aromatic N) is 1. The summed E-state index contributed by atoms with van der Waals surface area (Å²) in [4.78, 5) is 36.1. The summed E-state index contributed by atoms with van der Waals surface area (Å²) in [6, 6.07) is 0. The van der Waals surface area contributed by atoms with Gasteiger partial charge in [0.25, 0.3) is 0 Å². The molecular formula is C13H21NO3. The van der Waals surface area contributed by atoms with Crippen molar-refractivity contribution in [3.05, 3.63) is 0 Å². The molecule has 0 N–H and O–H groups in total. The maximum atomic E-state index is 11.8. The molecule has 4 heteroatoms. The van der Waals surface area contributed by atoms with E-state index in [4.69, 9.17) is 0 Å². The average Bonchev–Trinajstić information content (AvgIpc) is 2.55. The molecule has 0 spiro atoms. The maximum Gasteiger partial charge on any atom is 0.232 e. The molecule has 1 saturated heterocycles. The van der Waals surface area contributed by atoms with E-state index in [9.17, 15) is 14.4 Å². The lowest BCUT2D eigenvalue weighted by molar-refractivity contribution is -0.139. The van der Waals surface area contributed by atoms with Crippen LogP contribution in [-0.2, 0) is 14.4 Å². The zero-order chi connectivity index (χ0) is 13.0. The molecular weight excluding hydrogens is 218 g/mol. The van der Waals surface area contributed by atoms with Gasteiger partial charge in [0.05, 0.1) is 0 Å². The third-order valence-corrected chi connectivity index (χ3v) is 3.28. The molecule has 1 heterocycles. The van der Waals surface area contributed by atoms with E-state index in [0.717, 1.165) is 0 Å². The summed E-state index contributed by atoms with van der Waals surface area (Å²) in [7, 11) is 0. The Balaban J connectivity index is 2.40. The predicted octanol–water partition coefficient (Wildman–Crippen LogP) is 1.78. The number of hydrogen-bond donors (Lipinski definition) is 0. The fourth-order valence-corrected chi connectivity index (χ4v) is 2.01. The molecule has 0 aromatic heterocycles. The number of imide groups is 1. The van der Waals surface area contributed by atoms with Gasteiger partial charge in [-0.1, -0.05) is 20.8 Å². The van der Waals surface area contributed by atoms with Gasteiger partial charge in [0.15, 0.2) is 0 Å². The van der Waals surface area contributed by atoms with Crippen molar-refractivity contribution < 1.29 is 14.4 Å². The second-order valence-corrected chi connectivity index (χ2v) is 4.92. The summed E-state index contributed by atoms with van der Waals surface area (Å²) in [5, 5.41) is 0. The summed E-state index contributed by atoms with van der Waals surface area (Å²) in [5.74, 6) is -0.0591. The molecule has 0 radical (unpaired) electrons. The molecule has 2 amide bonds. The first-order chi connectivity index (χ1) is 7.97. The Labute approximate surface area is 102 Å². The van der Waals surface area contributed by atoms with Crippen LogP contribution in [0.1, 0.15) is 46.5 Å². The minimum atomic E-state index is -0.136. The summed E-state index contributed by atoms with van der Waals surface area (Å²) in [6.45, 7) is 6.04. The highest BCUT2D eigenvalue weighted by Gasteiger charge is 2.36. The van der Waals surface area contributed by atoms with Gasteiger partial charge in [-0.2, -0.15) is 0 Å². The number of ketones is 1. The molecule has 0 saturated carbocycles. The van der Waals surface area contributed by atoms with Crippen molar-refractivity contribution in [3.8, 4) is 0 Å². The quantitative estimate of drug-likeness (QED) is 0.664. The topological polar surface area (TPSA) is 54.5 Å². The van der Waals surface area contributed by atoms with E-state index in [0.29, 0.717) is 32.2 Å². The van der Waals surface area contributed by atoms with Crippen LogP contribution in [-0.4, -0.2) is 29.0 Å². The summed E-state index contributed by atoms with van der Waals surface area (Å²) in [6.07, 6.45) is 2.09. The Kier molecular flexibility index (Phi) is 4.85. The normalized spacial score (nSPS) is 20.5. The van der Waals surface area contributed by atoms with Crippen LogP contribution in [0.2, 0.25) is 0 Å². The molecule has 1 atom stereocenters. The first-order valence-electron chi connectivity index (χ1n) is 6.34. The van der Waals surface area contributed by atoms with Crippen molar-refractivity contribution in [2.24, 2.45) is 11.8 Å². The number of likely N-dealkylation sites (tertiary alicyclic amines) is 1. The number of carbonyl (C=O) groups is 3. The fourth-order valence-electron chi connectivity index (χ4n) is 2.01. The van der Waals surface area contributed by atoms with E-state index in [2.05, 4.69) is 0 Å². The van der Waals surface area contributed by atoms with Crippen LogP contribution in [0.25, 0.3) is 0 Å². The molecule has 1 fully saturated rings. The lowest BCUT2D eigenvalue weighted by Gasteiger charge is -2.14. The minimum Gasteiger partial charge on any atom is -0.299 e. The van der Waals surface area contributed by atoms with Gasteiger partial charge in [0.1, 0.15) is 5.78 Å². The van der Waals surface area contributed by atoms with E-state index in [1.165, 1.54) is 4.90 Å². The van der Waals surface area contributed by atoms with E-state index in [-0.39, 0.29) is 29.4 Å². The summed E-state index contributed by atoms with van der Waals surface area (Å²) < 4.78 is 0. The fraction of sp³-hybridized carbons (Fsp3) is 0.769. The van der Waals surface area contributed by atoms with Gasteiger partial charge in [-0.15, -0.1) is 0 Å². The molecule has 1 rings (SSSR count). The molecule has 0 aliphatic carbocycles.